The van der Waals surface area contributed by atoms with Gasteiger partial charge in [0.05, 0.1) is 24.3 Å². The molecule has 1 atom stereocenters. The summed E-state index contributed by atoms with van der Waals surface area (Å²) in [5.41, 5.74) is 2.58. The molecular weight excluding hydrogens is 390 g/mol. The molecule has 1 unspecified atom stereocenters. The third-order valence-corrected chi connectivity index (χ3v) is 6.48. The molecule has 1 heterocycles. The SMILES string of the molecule is COc1ccccc1/C(O)=C1/C(=O)C(=O)N(C2CCCC2)C1c1ccc(C(C)C)cc1. The summed E-state index contributed by atoms with van der Waals surface area (Å²) >= 11 is 0. The zero-order valence-electron chi connectivity index (χ0n) is 18.3. The quantitative estimate of drug-likeness (QED) is 0.412. The monoisotopic (exact) mass is 419 g/mol. The van der Waals surface area contributed by atoms with Crippen molar-refractivity contribution in [3.8, 4) is 5.75 Å². The van der Waals surface area contributed by atoms with E-state index < -0.39 is 17.7 Å². The Kier molecular flexibility index (Phi) is 5.86. The fraction of sp³-hybridized carbons (Fsp3) is 0.385. The Morgan fingerprint density at radius 3 is 2.29 bits per heavy atom. The fourth-order valence-electron chi connectivity index (χ4n) is 4.78. The Morgan fingerprint density at radius 2 is 1.68 bits per heavy atom. The van der Waals surface area contributed by atoms with Gasteiger partial charge in [0.1, 0.15) is 11.5 Å². The number of carbonyl (C=O) groups excluding carboxylic acids is 2. The van der Waals surface area contributed by atoms with Crippen molar-refractivity contribution >= 4 is 17.4 Å². The lowest BCUT2D eigenvalue weighted by Crippen LogP contribution is -2.37. The normalized spacial score (nSPS) is 21.3. The molecule has 4 rings (SSSR count). The zero-order chi connectivity index (χ0) is 22.1. The molecule has 1 saturated carbocycles. The van der Waals surface area contributed by atoms with E-state index in [0.717, 1.165) is 31.2 Å². The molecule has 2 fully saturated rings. The standard InChI is InChI=1S/C26H29NO4/c1-16(2)17-12-14-18(15-13-17)23-22(24(28)20-10-6-7-11-21(20)31-3)25(29)26(30)27(23)19-8-4-5-9-19/h6-7,10-16,19,23,28H,4-5,8-9H2,1-3H3/b24-22-. The van der Waals surface area contributed by atoms with E-state index in [1.54, 1.807) is 29.2 Å². The average Bonchev–Trinajstić information content (AvgIpc) is 3.40. The highest BCUT2D eigenvalue weighted by molar-refractivity contribution is 6.46. The van der Waals surface area contributed by atoms with Crippen molar-refractivity contribution in [1.82, 2.24) is 4.90 Å². The number of nitrogens with zero attached hydrogens (tertiary/aromatic N) is 1. The Hall–Kier alpha value is -3.08. The predicted octanol–water partition coefficient (Wildman–Crippen LogP) is 5.18. The van der Waals surface area contributed by atoms with Crippen LogP contribution < -0.4 is 4.74 Å². The molecule has 2 aromatic rings. The van der Waals surface area contributed by atoms with Gasteiger partial charge < -0.3 is 14.7 Å². The first-order chi connectivity index (χ1) is 14.9. The Morgan fingerprint density at radius 1 is 1.03 bits per heavy atom. The number of amides is 1. The number of rotatable bonds is 5. The van der Waals surface area contributed by atoms with E-state index in [1.807, 2.05) is 24.3 Å². The highest BCUT2D eigenvalue weighted by atomic mass is 16.5. The molecule has 1 amide bonds. The van der Waals surface area contributed by atoms with Crippen LogP contribution in [-0.2, 0) is 9.59 Å². The fourth-order valence-corrected chi connectivity index (χ4v) is 4.78. The number of methoxy groups -OCH3 is 1. The van der Waals surface area contributed by atoms with Crippen LogP contribution in [0.15, 0.2) is 54.1 Å². The zero-order valence-corrected chi connectivity index (χ0v) is 18.3. The summed E-state index contributed by atoms with van der Waals surface area (Å²) in [7, 11) is 1.52. The van der Waals surface area contributed by atoms with Crippen molar-refractivity contribution in [2.24, 2.45) is 0 Å². The van der Waals surface area contributed by atoms with Gasteiger partial charge in [0.2, 0.25) is 0 Å². The van der Waals surface area contributed by atoms with Gasteiger partial charge in [-0.05, 0) is 42.0 Å². The molecule has 2 aromatic carbocycles. The summed E-state index contributed by atoms with van der Waals surface area (Å²) in [6, 6.07) is 14.4. The van der Waals surface area contributed by atoms with E-state index in [-0.39, 0.29) is 17.4 Å². The lowest BCUT2D eigenvalue weighted by Gasteiger charge is -2.31. The maximum atomic E-state index is 13.2. The summed E-state index contributed by atoms with van der Waals surface area (Å²) in [6.07, 6.45) is 3.84. The van der Waals surface area contributed by atoms with Crippen LogP contribution in [-0.4, -0.2) is 34.8 Å². The molecule has 0 spiro atoms. The van der Waals surface area contributed by atoms with Crippen LogP contribution in [0.2, 0.25) is 0 Å². The van der Waals surface area contributed by atoms with Crippen LogP contribution in [0, 0.1) is 0 Å². The van der Waals surface area contributed by atoms with Gasteiger partial charge in [-0.2, -0.15) is 0 Å². The van der Waals surface area contributed by atoms with Crippen molar-refractivity contribution in [3.63, 3.8) is 0 Å². The van der Waals surface area contributed by atoms with E-state index in [9.17, 15) is 14.7 Å². The molecule has 31 heavy (non-hydrogen) atoms. The third-order valence-electron chi connectivity index (χ3n) is 6.48. The topological polar surface area (TPSA) is 66.8 Å². The largest absolute Gasteiger partial charge is 0.507 e. The molecule has 162 valence electrons. The molecule has 1 aliphatic heterocycles. The Balaban J connectivity index is 1.89. The summed E-state index contributed by atoms with van der Waals surface area (Å²) in [6.45, 7) is 4.25. The van der Waals surface area contributed by atoms with Crippen molar-refractivity contribution in [3.05, 3.63) is 70.8 Å². The third kappa shape index (κ3) is 3.73. The molecule has 1 N–H and O–H groups in total. The molecule has 0 aromatic heterocycles. The Bertz CT molecular complexity index is 1020. The summed E-state index contributed by atoms with van der Waals surface area (Å²) < 4.78 is 5.39. The predicted molar refractivity (Wildman–Crippen MR) is 120 cm³/mol. The van der Waals surface area contributed by atoms with Gasteiger partial charge in [-0.3, -0.25) is 9.59 Å². The first kappa shape index (κ1) is 21.2. The van der Waals surface area contributed by atoms with E-state index in [4.69, 9.17) is 4.74 Å². The molecule has 2 aliphatic rings. The highest BCUT2D eigenvalue weighted by Crippen LogP contribution is 2.44. The van der Waals surface area contributed by atoms with E-state index in [0.29, 0.717) is 17.2 Å². The first-order valence-corrected chi connectivity index (χ1v) is 11.0. The number of benzene rings is 2. The average molecular weight is 420 g/mol. The number of ether oxygens (including phenoxy) is 1. The van der Waals surface area contributed by atoms with E-state index in [2.05, 4.69) is 13.8 Å². The number of hydrogen-bond donors (Lipinski definition) is 1. The summed E-state index contributed by atoms with van der Waals surface area (Å²) in [5.74, 6) is -0.506. The summed E-state index contributed by atoms with van der Waals surface area (Å²) in [5, 5.41) is 11.3. The van der Waals surface area contributed by atoms with Gasteiger partial charge in [0, 0.05) is 6.04 Å². The summed E-state index contributed by atoms with van der Waals surface area (Å²) in [4.78, 5) is 28.1. The second-order valence-corrected chi connectivity index (χ2v) is 8.67. The second kappa shape index (κ2) is 8.58. The van der Waals surface area contributed by atoms with Gasteiger partial charge in [-0.1, -0.05) is 63.1 Å². The molecule has 1 saturated heterocycles. The maximum Gasteiger partial charge on any atom is 0.295 e. The number of aliphatic hydroxyl groups excluding tert-OH is 1. The molecule has 5 heteroatoms. The van der Waals surface area contributed by atoms with Crippen LogP contribution in [0.3, 0.4) is 0 Å². The lowest BCUT2D eigenvalue weighted by atomic mass is 9.92. The van der Waals surface area contributed by atoms with Gasteiger partial charge in [-0.15, -0.1) is 0 Å². The number of ketones is 1. The van der Waals surface area contributed by atoms with Crippen molar-refractivity contribution in [2.75, 3.05) is 7.11 Å². The van der Waals surface area contributed by atoms with Crippen LogP contribution >= 0.6 is 0 Å². The first-order valence-electron chi connectivity index (χ1n) is 11.0. The van der Waals surface area contributed by atoms with Crippen LogP contribution in [0.4, 0.5) is 0 Å². The van der Waals surface area contributed by atoms with Crippen LogP contribution in [0.5, 0.6) is 5.75 Å². The number of aliphatic hydroxyl groups is 1. The van der Waals surface area contributed by atoms with E-state index in [1.165, 1.54) is 12.7 Å². The van der Waals surface area contributed by atoms with Gasteiger partial charge in [0.15, 0.2) is 0 Å². The lowest BCUT2D eigenvalue weighted by molar-refractivity contribution is -0.141. The van der Waals surface area contributed by atoms with E-state index >= 15 is 0 Å². The van der Waals surface area contributed by atoms with Crippen molar-refractivity contribution < 1.29 is 19.4 Å². The smallest absolute Gasteiger partial charge is 0.295 e. The van der Waals surface area contributed by atoms with Gasteiger partial charge in [0.25, 0.3) is 11.7 Å². The van der Waals surface area contributed by atoms with Crippen molar-refractivity contribution in [1.29, 1.82) is 0 Å². The molecular formula is C26H29NO4. The minimum absolute atomic E-state index is 0.00851. The minimum atomic E-state index is -0.631. The maximum absolute atomic E-state index is 13.2. The minimum Gasteiger partial charge on any atom is -0.507 e. The number of Topliss-reactive ketones (excluding diaryl/α,β-unsaturated/α-hetero) is 1. The molecule has 1 aliphatic carbocycles. The van der Waals surface area contributed by atoms with Crippen LogP contribution in [0.1, 0.15) is 68.2 Å². The molecule has 0 bridgehead atoms. The number of para-hydroxylation sites is 1. The molecule has 0 radical (unpaired) electrons. The van der Waals surface area contributed by atoms with Gasteiger partial charge in [-0.25, -0.2) is 0 Å². The number of carbonyl (C=O) groups is 2. The van der Waals surface area contributed by atoms with Crippen LogP contribution in [0.25, 0.3) is 5.76 Å². The van der Waals surface area contributed by atoms with Crippen molar-refractivity contribution in [2.45, 2.75) is 57.5 Å². The highest BCUT2D eigenvalue weighted by Gasteiger charge is 2.49. The van der Waals surface area contributed by atoms with Gasteiger partial charge >= 0.3 is 0 Å². The number of likely N-dealkylation sites (tertiary alicyclic amines) is 1. The second-order valence-electron chi connectivity index (χ2n) is 8.67. The molecule has 5 nitrogen and oxygen atoms in total. The Labute approximate surface area is 183 Å². The number of hydrogen-bond acceptors (Lipinski definition) is 4.